The van der Waals surface area contributed by atoms with Crippen molar-refractivity contribution in [3.63, 3.8) is 0 Å². The average Bonchev–Trinajstić information content (AvgIpc) is 3.61. The van der Waals surface area contributed by atoms with Crippen LogP contribution in [0.25, 0.3) is 11.1 Å². The highest BCUT2D eigenvalue weighted by molar-refractivity contribution is 6.68. The van der Waals surface area contributed by atoms with Gasteiger partial charge in [0.05, 0.1) is 5.70 Å². The number of halogens is 3. The van der Waals surface area contributed by atoms with E-state index in [9.17, 15) is 37.5 Å². The lowest BCUT2D eigenvalue weighted by atomic mass is 9.79. The van der Waals surface area contributed by atoms with Crippen LogP contribution in [0, 0.1) is 5.92 Å². The van der Waals surface area contributed by atoms with Crippen molar-refractivity contribution in [2.45, 2.75) is 43.4 Å². The number of ketones is 3. The Kier molecular flexibility index (Phi) is 6.00. The number of rotatable bonds is 6. The lowest BCUT2D eigenvalue weighted by molar-refractivity contribution is -0.255. The highest BCUT2D eigenvalue weighted by Gasteiger charge is 2.65. The van der Waals surface area contributed by atoms with Crippen molar-refractivity contribution in [3.8, 4) is 11.1 Å². The molecule has 2 aliphatic rings. The van der Waals surface area contributed by atoms with Gasteiger partial charge in [-0.1, -0.05) is 61.5 Å². The predicted octanol–water partition coefficient (Wildman–Crippen LogP) is 3.43. The molecule has 0 spiro atoms. The fourth-order valence-corrected chi connectivity index (χ4v) is 4.47. The van der Waals surface area contributed by atoms with Crippen molar-refractivity contribution in [3.05, 3.63) is 71.9 Å². The van der Waals surface area contributed by atoms with E-state index in [1.807, 2.05) is 18.2 Å². The van der Waals surface area contributed by atoms with Crippen LogP contribution in [0.15, 0.2) is 66.4 Å². The van der Waals surface area contributed by atoms with Gasteiger partial charge >= 0.3 is 6.18 Å². The van der Waals surface area contributed by atoms with Gasteiger partial charge in [-0.25, -0.2) is 0 Å². The highest BCUT2D eigenvalue weighted by atomic mass is 19.4. The van der Waals surface area contributed by atoms with Crippen LogP contribution in [0.2, 0.25) is 0 Å². The van der Waals surface area contributed by atoms with E-state index in [-0.39, 0.29) is 0 Å². The number of amides is 1. The molecule has 0 heterocycles. The Bertz CT molecular complexity index is 1250. The van der Waals surface area contributed by atoms with Gasteiger partial charge in [0.1, 0.15) is 0 Å². The zero-order valence-electron chi connectivity index (χ0n) is 18.7. The molecule has 2 unspecified atom stereocenters. The van der Waals surface area contributed by atoms with Crippen LogP contribution in [-0.2, 0) is 24.6 Å². The van der Waals surface area contributed by atoms with Gasteiger partial charge in [-0.15, -0.1) is 0 Å². The van der Waals surface area contributed by atoms with E-state index in [0.29, 0.717) is 24.0 Å². The molecule has 1 saturated carbocycles. The summed E-state index contributed by atoms with van der Waals surface area (Å²) in [5, 5.41) is 12.6. The first-order valence-electron chi connectivity index (χ1n) is 11.0. The second kappa shape index (κ2) is 8.57. The highest BCUT2D eigenvalue weighted by Crippen LogP contribution is 2.57. The number of alkyl halides is 3. The molecule has 2 aliphatic carbocycles. The molecule has 6 nitrogen and oxygen atoms in total. The second-order valence-corrected chi connectivity index (χ2v) is 9.07. The molecule has 2 N–H and O–H groups in total. The molecule has 35 heavy (non-hydrogen) atoms. The van der Waals surface area contributed by atoms with Crippen molar-refractivity contribution in [2.24, 2.45) is 5.92 Å². The zero-order chi connectivity index (χ0) is 25.6. The number of carbonyl (C=O) groups is 4. The van der Waals surface area contributed by atoms with E-state index in [4.69, 9.17) is 0 Å². The average molecular weight is 485 g/mol. The maximum absolute atomic E-state index is 14.2. The van der Waals surface area contributed by atoms with Crippen LogP contribution in [0.3, 0.4) is 0 Å². The molecule has 0 saturated heterocycles. The minimum atomic E-state index is -5.38. The van der Waals surface area contributed by atoms with Gasteiger partial charge in [0.2, 0.25) is 11.4 Å². The lowest BCUT2D eigenvalue weighted by Crippen LogP contribution is -2.59. The van der Waals surface area contributed by atoms with E-state index in [2.05, 4.69) is 0 Å². The van der Waals surface area contributed by atoms with E-state index < -0.39 is 58.5 Å². The Labute approximate surface area is 198 Å². The van der Waals surface area contributed by atoms with Gasteiger partial charge < -0.3 is 10.4 Å². The van der Waals surface area contributed by atoms with Gasteiger partial charge in [0.25, 0.3) is 17.5 Å². The number of Topliss-reactive ketones (excluding diaryl/α,β-unsaturated/α-hetero) is 3. The molecular weight excluding hydrogens is 463 g/mol. The summed E-state index contributed by atoms with van der Waals surface area (Å²) in [5.74, 6) is -6.83. The molecule has 2 aromatic rings. The van der Waals surface area contributed by atoms with Gasteiger partial charge in [0.15, 0.2) is 0 Å². The molecule has 2 aromatic carbocycles. The van der Waals surface area contributed by atoms with E-state index in [1.165, 1.54) is 6.92 Å². The standard InChI is InChI=1S/C26H22F3NO5/c1-15-13-19(21(32)22(33)20(15)31)30-23(34)25(35,26(27,28)29)14-24(11-12-24)18-10-6-5-9-17(18)16-7-3-2-4-8-16/h2-10,13,15,35H,11-12,14H2,1H3,(H,30,34). The number of benzene rings is 2. The molecule has 1 amide bonds. The quantitative estimate of drug-likeness (QED) is 0.611. The predicted molar refractivity (Wildman–Crippen MR) is 119 cm³/mol. The molecule has 0 radical (unpaired) electrons. The number of hydrogen-bond acceptors (Lipinski definition) is 5. The first kappa shape index (κ1) is 24.5. The fraction of sp³-hybridized carbons (Fsp3) is 0.308. The molecule has 2 atom stereocenters. The normalized spacial score (nSPS) is 21.2. The van der Waals surface area contributed by atoms with Gasteiger partial charge in [-0.3, -0.25) is 19.2 Å². The molecule has 0 bridgehead atoms. The third-order valence-electron chi connectivity index (χ3n) is 6.63. The molecular formula is C26H22F3NO5. The smallest absolute Gasteiger partial charge is 0.373 e. The largest absolute Gasteiger partial charge is 0.426 e. The third kappa shape index (κ3) is 4.32. The van der Waals surface area contributed by atoms with Crippen LogP contribution in [0.1, 0.15) is 31.7 Å². The van der Waals surface area contributed by atoms with Crippen molar-refractivity contribution < 1.29 is 37.5 Å². The summed E-state index contributed by atoms with van der Waals surface area (Å²) < 4.78 is 42.5. The Morgan fingerprint density at radius 2 is 1.60 bits per heavy atom. The Balaban J connectivity index is 1.69. The van der Waals surface area contributed by atoms with Crippen molar-refractivity contribution in [1.29, 1.82) is 0 Å². The monoisotopic (exact) mass is 485 g/mol. The molecule has 1 fully saturated rings. The third-order valence-corrected chi connectivity index (χ3v) is 6.63. The molecule has 182 valence electrons. The van der Waals surface area contributed by atoms with Crippen molar-refractivity contribution in [2.75, 3.05) is 0 Å². The number of carbonyl (C=O) groups excluding carboxylic acids is 4. The van der Waals surface area contributed by atoms with E-state index in [0.717, 1.165) is 11.6 Å². The van der Waals surface area contributed by atoms with Crippen LogP contribution in [0.5, 0.6) is 0 Å². The molecule has 0 aromatic heterocycles. The Morgan fingerprint density at radius 1 is 1.00 bits per heavy atom. The van der Waals surface area contributed by atoms with Crippen molar-refractivity contribution >= 4 is 23.3 Å². The maximum atomic E-state index is 14.2. The minimum Gasteiger partial charge on any atom is -0.373 e. The first-order chi connectivity index (χ1) is 16.4. The molecule has 9 heteroatoms. The molecule has 0 aliphatic heterocycles. The zero-order valence-corrected chi connectivity index (χ0v) is 18.7. The molecule has 4 rings (SSSR count). The Morgan fingerprint density at radius 3 is 2.20 bits per heavy atom. The van der Waals surface area contributed by atoms with Crippen LogP contribution in [0.4, 0.5) is 13.2 Å². The summed E-state index contributed by atoms with van der Waals surface area (Å²) in [6, 6.07) is 15.9. The van der Waals surface area contributed by atoms with Crippen LogP contribution < -0.4 is 5.32 Å². The number of hydrogen-bond donors (Lipinski definition) is 2. The Hall–Kier alpha value is -3.59. The van der Waals surface area contributed by atoms with Crippen LogP contribution in [-0.4, -0.2) is 40.1 Å². The topological polar surface area (TPSA) is 101 Å². The van der Waals surface area contributed by atoms with Gasteiger partial charge in [0, 0.05) is 12.3 Å². The number of nitrogens with one attached hydrogen (secondary N) is 1. The number of allylic oxidation sites excluding steroid dienone is 2. The first-order valence-corrected chi connectivity index (χ1v) is 11.0. The van der Waals surface area contributed by atoms with Gasteiger partial charge in [-0.05, 0) is 41.0 Å². The minimum absolute atomic E-state index is 0.314. The number of aliphatic hydroxyl groups is 1. The SMILES string of the molecule is CC1C=C(NC(=O)C(O)(CC2(c3ccccc3-c3ccccc3)CC2)C(F)(F)F)C(=O)C(=O)C1=O. The van der Waals surface area contributed by atoms with Crippen molar-refractivity contribution in [1.82, 2.24) is 5.32 Å². The van der Waals surface area contributed by atoms with E-state index in [1.54, 1.807) is 41.7 Å². The summed E-state index contributed by atoms with van der Waals surface area (Å²) >= 11 is 0. The summed E-state index contributed by atoms with van der Waals surface area (Å²) in [4.78, 5) is 48.4. The second-order valence-electron chi connectivity index (χ2n) is 9.07. The summed E-state index contributed by atoms with van der Waals surface area (Å²) in [6.07, 6.45) is -4.80. The summed E-state index contributed by atoms with van der Waals surface area (Å²) in [7, 11) is 0. The van der Waals surface area contributed by atoms with Crippen LogP contribution >= 0.6 is 0 Å². The maximum Gasteiger partial charge on any atom is 0.426 e. The summed E-state index contributed by atoms with van der Waals surface area (Å²) in [5.41, 5.74) is -3.67. The lowest BCUT2D eigenvalue weighted by Gasteiger charge is -2.34. The summed E-state index contributed by atoms with van der Waals surface area (Å²) in [6.45, 7) is 1.27. The van der Waals surface area contributed by atoms with Gasteiger partial charge in [-0.2, -0.15) is 13.2 Å². The fourth-order valence-electron chi connectivity index (χ4n) is 4.47. The van der Waals surface area contributed by atoms with E-state index >= 15 is 0 Å².